The van der Waals surface area contributed by atoms with E-state index < -0.39 is 0 Å². The van der Waals surface area contributed by atoms with Crippen LogP contribution in [0.25, 0.3) is 0 Å². The summed E-state index contributed by atoms with van der Waals surface area (Å²) < 4.78 is 10.3. The van der Waals surface area contributed by atoms with Gasteiger partial charge in [0.1, 0.15) is 0 Å². The highest BCUT2D eigenvalue weighted by atomic mass is 16.5. The third-order valence-corrected chi connectivity index (χ3v) is 4.65. The summed E-state index contributed by atoms with van der Waals surface area (Å²) in [4.78, 5) is 23.2. The maximum atomic E-state index is 11.6. The van der Waals surface area contributed by atoms with Crippen molar-refractivity contribution in [2.75, 3.05) is 13.2 Å². The lowest BCUT2D eigenvalue weighted by molar-refractivity contribution is -0.150. The second kappa shape index (κ2) is 20.4. The Morgan fingerprint density at radius 1 is 0.714 bits per heavy atom. The van der Waals surface area contributed by atoms with Crippen LogP contribution in [0.3, 0.4) is 0 Å². The largest absolute Gasteiger partial charge is 0.466 e. The van der Waals surface area contributed by atoms with Gasteiger partial charge in [-0.25, -0.2) is 0 Å². The molecule has 0 bridgehead atoms. The maximum absolute atomic E-state index is 11.6. The molecule has 0 N–H and O–H groups in total. The van der Waals surface area contributed by atoms with Gasteiger partial charge in [-0.2, -0.15) is 0 Å². The number of ether oxygens (including phenoxy) is 2. The topological polar surface area (TPSA) is 52.6 Å². The predicted molar refractivity (Wildman–Crippen MR) is 116 cm³/mol. The third kappa shape index (κ3) is 21.0. The van der Waals surface area contributed by atoms with Crippen molar-refractivity contribution in [3.8, 4) is 0 Å². The molecule has 0 aliphatic rings. The minimum Gasteiger partial charge on any atom is -0.466 e. The van der Waals surface area contributed by atoms with Crippen molar-refractivity contribution in [1.82, 2.24) is 0 Å². The van der Waals surface area contributed by atoms with Gasteiger partial charge in [-0.05, 0) is 44.4 Å². The molecule has 0 aliphatic carbocycles. The molecule has 0 atom stereocenters. The highest BCUT2D eigenvalue weighted by Gasteiger charge is 2.09. The van der Waals surface area contributed by atoms with Crippen molar-refractivity contribution in [2.24, 2.45) is 5.92 Å². The second-order valence-electron chi connectivity index (χ2n) is 7.97. The monoisotopic (exact) mass is 396 g/mol. The molecule has 0 radical (unpaired) electrons. The van der Waals surface area contributed by atoms with Gasteiger partial charge in [-0.3, -0.25) is 9.59 Å². The van der Waals surface area contributed by atoms with E-state index in [0.717, 1.165) is 32.1 Å². The first-order valence-electron chi connectivity index (χ1n) is 11.5. The molecule has 0 saturated heterocycles. The van der Waals surface area contributed by atoms with Gasteiger partial charge in [0.15, 0.2) is 0 Å². The van der Waals surface area contributed by atoms with Crippen LogP contribution in [0.4, 0.5) is 0 Å². The number of hydrogen-bond acceptors (Lipinski definition) is 4. The molecule has 0 aromatic heterocycles. The van der Waals surface area contributed by atoms with Gasteiger partial charge in [0, 0.05) is 0 Å². The average Bonchev–Trinajstić information content (AvgIpc) is 2.67. The molecule has 0 fully saturated rings. The smallest absolute Gasteiger partial charge is 0.306 e. The van der Waals surface area contributed by atoms with Crippen molar-refractivity contribution in [3.05, 3.63) is 12.2 Å². The van der Waals surface area contributed by atoms with E-state index in [1.54, 1.807) is 0 Å². The van der Waals surface area contributed by atoms with Crippen LogP contribution in [0.2, 0.25) is 0 Å². The Bertz CT molecular complexity index is 401. The van der Waals surface area contributed by atoms with Crippen LogP contribution in [-0.2, 0) is 19.1 Å². The molecule has 28 heavy (non-hydrogen) atoms. The van der Waals surface area contributed by atoms with Gasteiger partial charge in [0.05, 0.1) is 26.1 Å². The highest BCUT2D eigenvalue weighted by molar-refractivity contribution is 5.77. The van der Waals surface area contributed by atoms with E-state index in [1.807, 2.05) is 0 Å². The second-order valence-corrected chi connectivity index (χ2v) is 7.97. The zero-order valence-corrected chi connectivity index (χ0v) is 18.7. The fraction of sp³-hybridized carbons (Fsp3) is 0.833. The Labute approximate surface area is 173 Å². The lowest BCUT2D eigenvalue weighted by Gasteiger charge is -2.07. The van der Waals surface area contributed by atoms with E-state index in [2.05, 4.69) is 32.9 Å². The first-order chi connectivity index (χ1) is 13.6. The standard InChI is InChI=1S/C24H44O4/c1-4-5-6-7-8-9-10-11-12-13-14-15-20-27-23(25)18-19-24(26)28-21-16-17-22(2)3/h5-6,22H,4,7-21H2,1-3H3/b6-5+. The number of unbranched alkanes of at least 4 members (excludes halogenated alkanes) is 8. The fourth-order valence-electron chi connectivity index (χ4n) is 2.92. The Kier molecular flexibility index (Phi) is 19.5. The van der Waals surface area contributed by atoms with Crippen LogP contribution in [0, 0.1) is 5.92 Å². The molecule has 4 nitrogen and oxygen atoms in total. The van der Waals surface area contributed by atoms with Crippen LogP contribution in [0.5, 0.6) is 0 Å². The molecule has 0 rings (SSSR count). The van der Waals surface area contributed by atoms with Gasteiger partial charge in [0.25, 0.3) is 0 Å². The first-order valence-corrected chi connectivity index (χ1v) is 11.5. The van der Waals surface area contributed by atoms with E-state index in [-0.39, 0.29) is 24.8 Å². The van der Waals surface area contributed by atoms with Gasteiger partial charge in [0.2, 0.25) is 0 Å². The summed E-state index contributed by atoms with van der Waals surface area (Å²) in [6, 6.07) is 0. The Hall–Kier alpha value is -1.32. The van der Waals surface area contributed by atoms with E-state index >= 15 is 0 Å². The number of rotatable bonds is 19. The zero-order valence-electron chi connectivity index (χ0n) is 18.7. The van der Waals surface area contributed by atoms with Crippen LogP contribution in [0.1, 0.15) is 111 Å². The van der Waals surface area contributed by atoms with Crippen molar-refractivity contribution >= 4 is 11.9 Å². The normalized spacial score (nSPS) is 11.3. The van der Waals surface area contributed by atoms with Crippen LogP contribution < -0.4 is 0 Å². The fourth-order valence-corrected chi connectivity index (χ4v) is 2.92. The molecule has 0 aromatic carbocycles. The number of carbonyl (C=O) groups excluding carboxylic acids is 2. The Morgan fingerprint density at radius 3 is 1.75 bits per heavy atom. The summed E-state index contributed by atoms with van der Waals surface area (Å²) in [5.74, 6) is 0.0185. The first kappa shape index (κ1) is 26.7. The SMILES string of the molecule is CC/C=C/CCCCCCCCCCOC(=O)CCC(=O)OCCCC(C)C. The lowest BCUT2D eigenvalue weighted by atomic mass is 10.1. The highest BCUT2D eigenvalue weighted by Crippen LogP contribution is 2.10. The van der Waals surface area contributed by atoms with E-state index in [1.165, 1.54) is 44.9 Å². The number of esters is 2. The maximum Gasteiger partial charge on any atom is 0.306 e. The average molecular weight is 397 g/mol. The molecular weight excluding hydrogens is 352 g/mol. The molecule has 0 unspecified atom stereocenters. The molecule has 0 saturated carbocycles. The summed E-state index contributed by atoms with van der Waals surface area (Å²) in [7, 11) is 0. The molecule has 0 heterocycles. The van der Waals surface area contributed by atoms with Crippen molar-refractivity contribution in [3.63, 3.8) is 0 Å². The quantitative estimate of drug-likeness (QED) is 0.137. The lowest BCUT2D eigenvalue weighted by Crippen LogP contribution is -2.11. The van der Waals surface area contributed by atoms with Crippen LogP contribution >= 0.6 is 0 Å². The Balaban J connectivity index is 3.32. The molecule has 0 aromatic rings. The van der Waals surface area contributed by atoms with Gasteiger partial charge < -0.3 is 9.47 Å². The summed E-state index contributed by atoms with van der Waals surface area (Å²) >= 11 is 0. The van der Waals surface area contributed by atoms with Gasteiger partial charge in [-0.15, -0.1) is 0 Å². The van der Waals surface area contributed by atoms with Crippen LogP contribution in [-0.4, -0.2) is 25.2 Å². The molecule has 0 aliphatic heterocycles. The third-order valence-electron chi connectivity index (χ3n) is 4.65. The molecular formula is C24H44O4. The van der Waals surface area contributed by atoms with Crippen molar-refractivity contribution in [2.45, 2.75) is 111 Å². The van der Waals surface area contributed by atoms with Crippen molar-refractivity contribution in [1.29, 1.82) is 0 Å². The van der Waals surface area contributed by atoms with Crippen LogP contribution in [0.15, 0.2) is 12.2 Å². The van der Waals surface area contributed by atoms with E-state index in [4.69, 9.17) is 9.47 Å². The number of hydrogen-bond donors (Lipinski definition) is 0. The summed E-state index contributed by atoms with van der Waals surface area (Å²) in [6.07, 6.45) is 18.8. The number of allylic oxidation sites excluding steroid dienone is 2. The zero-order chi connectivity index (χ0) is 20.9. The minimum absolute atomic E-state index is 0.120. The van der Waals surface area contributed by atoms with Gasteiger partial charge >= 0.3 is 11.9 Å². The van der Waals surface area contributed by atoms with E-state index in [9.17, 15) is 9.59 Å². The molecule has 4 heteroatoms. The Morgan fingerprint density at radius 2 is 1.21 bits per heavy atom. The van der Waals surface area contributed by atoms with Gasteiger partial charge in [-0.1, -0.05) is 71.4 Å². The summed E-state index contributed by atoms with van der Waals surface area (Å²) in [5, 5.41) is 0. The minimum atomic E-state index is -0.304. The summed E-state index contributed by atoms with van der Waals surface area (Å²) in [5.41, 5.74) is 0. The van der Waals surface area contributed by atoms with E-state index in [0.29, 0.717) is 19.1 Å². The number of carbonyl (C=O) groups is 2. The molecule has 164 valence electrons. The summed E-state index contributed by atoms with van der Waals surface area (Å²) in [6.45, 7) is 7.37. The van der Waals surface area contributed by atoms with Crippen molar-refractivity contribution < 1.29 is 19.1 Å². The molecule has 0 spiro atoms. The molecule has 0 amide bonds. The predicted octanol–water partition coefficient (Wildman–Crippen LogP) is 6.77.